The topological polar surface area (TPSA) is 158 Å². The lowest BCUT2D eigenvalue weighted by molar-refractivity contribution is 0.0994. The van der Waals surface area contributed by atoms with E-state index in [0.717, 1.165) is 6.07 Å². The number of anilines is 1. The molecule has 0 saturated carbocycles. The van der Waals surface area contributed by atoms with Gasteiger partial charge in [-0.2, -0.15) is 0 Å². The van der Waals surface area contributed by atoms with Gasteiger partial charge in [-0.05, 0) is 41.5 Å². The number of primary amides is 1. The Balaban J connectivity index is 1.62. The van der Waals surface area contributed by atoms with Crippen molar-refractivity contribution < 1.29 is 22.4 Å². The minimum atomic E-state index is -3.93. The number of rotatable bonds is 6. The molecule has 4 rings (SSSR count). The molecule has 11 heteroatoms. The van der Waals surface area contributed by atoms with Crippen molar-refractivity contribution in [2.75, 3.05) is 5.32 Å². The number of halogens is 1. The number of amides is 2. The zero-order valence-corrected chi connectivity index (χ0v) is 18.8. The zero-order chi connectivity index (χ0) is 25.2. The molecule has 0 spiro atoms. The number of benzene rings is 3. The second kappa shape index (κ2) is 9.41. The predicted octanol–water partition coefficient (Wildman–Crippen LogP) is 2.95. The number of hydrogen-bond acceptors (Lipinski definition) is 6. The molecule has 176 valence electrons. The van der Waals surface area contributed by atoms with E-state index in [1.807, 2.05) is 0 Å². The van der Waals surface area contributed by atoms with Crippen LogP contribution in [0.2, 0.25) is 0 Å². The first kappa shape index (κ1) is 23.7. The van der Waals surface area contributed by atoms with E-state index in [-0.39, 0.29) is 21.7 Å². The van der Waals surface area contributed by atoms with Crippen LogP contribution in [0.15, 0.2) is 84.1 Å². The number of aromatic nitrogens is 2. The van der Waals surface area contributed by atoms with Crippen molar-refractivity contribution >= 4 is 27.5 Å². The molecule has 9 nitrogen and oxygen atoms in total. The molecular weight excluding hydrogens is 473 g/mol. The van der Waals surface area contributed by atoms with Crippen LogP contribution in [-0.2, 0) is 10.0 Å². The molecule has 5 N–H and O–H groups in total. The maximum Gasteiger partial charge on any atom is 0.275 e. The number of nitrogens with two attached hydrogens (primary N) is 2. The van der Waals surface area contributed by atoms with E-state index in [4.69, 9.17) is 10.9 Å². The van der Waals surface area contributed by atoms with Crippen LogP contribution in [-0.4, -0.2) is 30.2 Å². The number of sulfonamides is 1. The van der Waals surface area contributed by atoms with E-state index in [1.165, 1.54) is 30.7 Å². The fourth-order valence-electron chi connectivity index (χ4n) is 3.48. The highest BCUT2D eigenvalue weighted by atomic mass is 32.2. The van der Waals surface area contributed by atoms with Gasteiger partial charge in [0.2, 0.25) is 10.0 Å². The normalized spacial score (nSPS) is 11.1. The Morgan fingerprint density at radius 2 is 1.60 bits per heavy atom. The summed E-state index contributed by atoms with van der Waals surface area (Å²) in [4.78, 5) is 32.4. The Hall–Kier alpha value is -4.48. The minimum Gasteiger partial charge on any atom is -0.366 e. The van der Waals surface area contributed by atoms with E-state index < -0.39 is 27.7 Å². The fourth-order valence-corrected chi connectivity index (χ4v) is 4.24. The number of hydrogen-bond donors (Lipinski definition) is 3. The number of nitrogens with one attached hydrogen (secondary N) is 1. The molecule has 0 bridgehead atoms. The van der Waals surface area contributed by atoms with Crippen molar-refractivity contribution in [1.29, 1.82) is 0 Å². The van der Waals surface area contributed by atoms with Gasteiger partial charge in [0.1, 0.15) is 17.8 Å². The second-order valence-corrected chi connectivity index (χ2v) is 8.95. The summed E-state index contributed by atoms with van der Waals surface area (Å²) in [5, 5.41) is 8.01. The molecule has 2 amide bonds. The zero-order valence-electron chi connectivity index (χ0n) is 18.0. The molecule has 0 aliphatic rings. The molecule has 0 atom stereocenters. The Labute approximate surface area is 199 Å². The van der Waals surface area contributed by atoms with Crippen LogP contribution in [0, 0.1) is 5.82 Å². The number of nitrogens with zero attached hydrogens (tertiary/aromatic N) is 2. The minimum absolute atomic E-state index is 0.00863. The van der Waals surface area contributed by atoms with E-state index in [9.17, 15) is 22.4 Å². The van der Waals surface area contributed by atoms with Crippen molar-refractivity contribution in [3.63, 3.8) is 0 Å². The van der Waals surface area contributed by atoms with Gasteiger partial charge < -0.3 is 11.1 Å². The summed E-state index contributed by atoms with van der Waals surface area (Å²) in [6.07, 6.45) is 2.55. The van der Waals surface area contributed by atoms with Crippen LogP contribution >= 0.6 is 0 Å². The molecule has 35 heavy (non-hydrogen) atoms. The fraction of sp³-hybridized carbons (Fsp3) is 0. The Kier molecular flexibility index (Phi) is 6.36. The van der Waals surface area contributed by atoms with Gasteiger partial charge in [-0.3, -0.25) is 9.59 Å². The summed E-state index contributed by atoms with van der Waals surface area (Å²) in [5.41, 5.74) is 6.91. The van der Waals surface area contributed by atoms with Gasteiger partial charge in [-0.25, -0.2) is 27.9 Å². The highest BCUT2D eigenvalue weighted by Crippen LogP contribution is 2.28. The van der Waals surface area contributed by atoms with E-state index in [2.05, 4.69) is 15.3 Å². The van der Waals surface area contributed by atoms with Crippen LogP contribution in [0.25, 0.3) is 22.3 Å². The van der Waals surface area contributed by atoms with Crippen LogP contribution in [0.5, 0.6) is 0 Å². The summed E-state index contributed by atoms with van der Waals surface area (Å²) in [7, 11) is -3.93. The third kappa shape index (κ3) is 5.05. The van der Waals surface area contributed by atoms with Crippen LogP contribution in [0.3, 0.4) is 0 Å². The van der Waals surface area contributed by atoms with E-state index >= 15 is 0 Å². The highest BCUT2D eigenvalue weighted by Gasteiger charge is 2.18. The summed E-state index contributed by atoms with van der Waals surface area (Å²) in [6, 6.07) is 16.5. The third-order valence-electron chi connectivity index (χ3n) is 5.12. The van der Waals surface area contributed by atoms with Gasteiger partial charge >= 0.3 is 0 Å². The Morgan fingerprint density at radius 3 is 2.29 bits per heavy atom. The molecule has 0 aliphatic carbocycles. The van der Waals surface area contributed by atoms with Crippen molar-refractivity contribution in [2.24, 2.45) is 10.9 Å². The monoisotopic (exact) mass is 491 g/mol. The maximum absolute atomic E-state index is 13.9. The molecule has 3 aromatic carbocycles. The van der Waals surface area contributed by atoms with Crippen molar-refractivity contribution in [3.8, 4) is 22.3 Å². The lowest BCUT2D eigenvalue weighted by atomic mass is 10.0. The van der Waals surface area contributed by atoms with E-state index in [1.54, 1.807) is 42.5 Å². The van der Waals surface area contributed by atoms with Gasteiger partial charge in [0.05, 0.1) is 10.5 Å². The quantitative estimate of drug-likeness (QED) is 0.376. The van der Waals surface area contributed by atoms with Crippen LogP contribution < -0.4 is 16.2 Å². The molecule has 1 aromatic heterocycles. The van der Waals surface area contributed by atoms with Crippen LogP contribution in [0.1, 0.15) is 20.8 Å². The first-order chi connectivity index (χ1) is 16.6. The Morgan fingerprint density at radius 1 is 0.914 bits per heavy atom. The third-order valence-corrected chi connectivity index (χ3v) is 6.09. The predicted molar refractivity (Wildman–Crippen MR) is 127 cm³/mol. The largest absolute Gasteiger partial charge is 0.366 e. The molecule has 1 heterocycles. The summed E-state index contributed by atoms with van der Waals surface area (Å²) < 4.78 is 37.6. The average Bonchev–Trinajstić information content (AvgIpc) is 2.84. The van der Waals surface area contributed by atoms with Crippen LogP contribution in [0.4, 0.5) is 10.1 Å². The lowest BCUT2D eigenvalue weighted by Crippen LogP contribution is -2.16. The second-order valence-electron chi connectivity index (χ2n) is 7.42. The number of carbonyl (C=O) groups is 2. The Bertz CT molecular complexity index is 1560. The van der Waals surface area contributed by atoms with Gasteiger partial charge in [0.15, 0.2) is 0 Å². The molecular formula is C24H18FN5O4S. The van der Waals surface area contributed by atoms with Crippen molar-refractivity contribution in [3.05, 3.63) is 96.3 Å². The highest BCUT2D eigenvalue weighted by molar-refractivity contribution is 7.89. The lowest BCUT2D eigenvalue weighted by Gasteiger charge is -2.11. The molecule has 0 fully saturated rings. The van der Waals surface area contributed by atoms with Gasteiger partial charge in [0, 0.05) is 23.0 Å². The van der Waals surface area contributed by atoms with Crippen molar-refractivity contribution in [1.82, 2.24) is 9.97 Å². The molecule has 0 radical (unpaired) electrons. The molecule has 4 aromatic rings. The van der Waals surface area contributed by atoms with E-state index in [0.29, 0.717) is 22.4 Å². The average molecular weight is 492 g/mol. The smallest absolute Gasteiger partial charge is 0.275 e. The standard InChI is InChI=1S/C24H18FN5O4S/c25-20-10-7-15(11-18(20)23(26)31)19-12-28-13-29-22(19)24(32)30-16-8-5-14(6-9-16)17-3-1-2-4-21(17)35(27,33)34/h1-13H,(H2,26,31)(H,30,32)(H2,27,33,34). The number of carbonyl (C=O) groups excluding carboxylic acids is 2. The number of primary sulfonamides is 1. The molecule has 0 saturated heterocycles. The maximum atomic E-state index is 13.9. The van der Waals surface area contributed by atoms with Gasteiger partial charge in [-0.15, -0.1) is 0 Å². The first-order valence-corrected chi connectivity index (χ1v) is 11.6. The first-order valence-electron chi connectivity index (χ1n) is 10.1. The molecule has 0 aliphatic heterocycles. The van der Waals surface area contributed by atoms with Crippen molar-refractivity contribution in [2.45, 2.75) is 4.90 Å². The summed E-state index contributed by atoms with van der Waals surface area (Å²) >= 11 is 0. The summed E-state index contributed by atoms with van der Waals surface area (Å²) in [6.45, 7) is 0. The van der Waals surface area contributed by atoms with Gasteiger partial charge in [0.25, 0.3) is 11.8 Å². The van der Waals surface area contributed by atoms with Gasteiger partial charge in [-0.1, -0.05) is 36.4 Å². The SMILES string of the molecule is NC(=O)c1cc(-c2cncnc2C(=O)Nc2ccc(-c3ccccc3S(N)(=O)=O)cc2)ccc1F. The summed E-state index contributed by atoms with van der Waals surface area (Å²) in [5.74, 6) is -2.31. The molecule has 0 unspecified atom stereocenters.